The van der Waals surface area contributed by atoms with Crippen LogP contribution in [0, 0.1) is 17.2 Å². The van der Waals surface area contributed by atoms with Gasteiger partial charge in [0.1, 0.15) is 5.66 Å². The van der Waals surface area contributed by atoms with Gasteiger partial charge in [-0.05, 0) is 31.2 Å². The minimum atomic E-state index is -0.667. The molecule has 3 N–H and O–H groups in total. The molecule has 0 bridgehead atoms. The number of rotatable bonds is 3. The summed E-state index contributed by atoms with van der Waals surface area (Å²) in [5.74, 6) is 0.106. The lowest BCUT2D eigenvalue weighted by atomic mass is 9.83. The van der Waals surface area contributed by atoms with E-state index in [0.29, 0.717) is 13.0 Å². The van der Waals surface area contributed by atoms with Crippen molar-refractivity contribution in [2.75, 3.05) is 17.2 Å². The highest BCUT2D eigenvalue weighted by Gasteiger charge is 2.49. The third kappa shape index (κ3) is 2.34. The van der Waals surface area contributed by atoms with E-state index in [1.165, 1.54) is 0 Å². The molecule has 0 saturated carbocycles. The molecule has 1 saturated heterocycles. The molecule has 2 aromatic rings. The van der Waals surface area contributed by atoms with Gasteiger partial charge in [-0.15, -0.1) is 11.3 Å². The van der Waals surface area contributed by atoms with Crippen LogP contribution in [0.3, 0.4) is 0 Å². The Morgan fingerprint density at radius 2 is 2.42 bits per heavy atom. The van der Waals surface area contributed by atoms with E-state index in [1.54, 1.807) is 18.3 Å². The second-order valence-corrected chi connectivity index (χ2v) is 7.48. The highest BCUT2D eigenvalue weighted by Crippen LogP contribution is 2.46. The topological polar surface area (TPSA) is 90.2 Å². The van der Waals surface area contributed by atoms with Crippen molar-refractivity contribution in [2.24, 2.45) is 5.92 Å². The first-order valence-corrected chi connectivity index (χ1v) is 9.11. The van der Waals surface area contributed by atoms with Gasteiger partial charge in [-0.3, -0.25) is 4.98 Å². The fourth-order valence-electron chi connectivity index (χ4n) is 3.77. The maximum atomic E-state index is 10.6. The van der Waals surface area contributed by atoms with Crippen LogP contribution in [0.25, 0.3) is 10.2 Å². The van der Waals surface area contributed by atoms with Crippen molar-refractivity contribution < 1.29 is 9.84 Å². The summed E-state index contributed by atoms with van der Waals surface area (Å²) >= 11 is 1.64. The molecular formula is C17H20N4O2S. The number of fused-ring (bicyclic) bond motifs is 3. The quantitative estimate of drug-likeness (QED) is 0.793. The summed E-state index contributed by atoms with van der Waals surface area (Å²) in [5, 5.41) is 28.5. The number of aliphatic hydroxyl groups excluding tert-OH is 1. The van der Waals surface area contributed by atoms with E-state index in [4.69, 9.17) is 10.00 Å². The molecule has 0 amide bonds. The average Bonchev–Trinajstić information content (AvgIpc) is 3.20. The van der Waals surface area contributed by atoms with E-state index in [9.17, 15) is 5.11 Å². The monoisotopic (exact) mass is 344 g/mol. The molecule has 0 aromatic carbocycles. The maximum Gasteiger partial charge on any atom is 0.139 e. The Labute approximate surface area is 144 Å². The number of aromatic nitrogens is 1. The van der Waals surface area contributed by atoms with E-state index in [2.05, 4.69) is 21.7 Å². The fraction of sp³-hybridized carbons (Fsp3) is 0.529. The normalized spacial score (nSPS) is 30.2. The van der Waals surface area contributed by atoms with Gasteiger partial charge in [0.05, 0.1) is 59.1 Å². The number of nitriles is 1. The molecule has 24 heavy (non-hydrogen) atoms. The predicted molar refractivity (Wildman–Crippen MR) is 94.0 cm³/mol. The van der Waals surface area contributed by atoms with Gasteiger partial charge in [0, 0.05) is 5.92 Å². The Morgan fingerprint density at radius 1 is 1.54 bits per heavy atom. The van der Waals surface area contributed by atoms with Crippen LogP contribution >= 0.6 is 11.3 Å². The Morgan fingerprint density at radius 3 is 3.12 bits per heavy atom. The highest BCUT2D eigenvalue weighted by molar-refractivity contribution is 7.17. The van der Waals surface area contributed by atoms with Gasteiger partial charge >= 0.3 is 0 Å². The van der Waals surface area contributed by atoms with Crippen LogP contribution < -0.4 is 10.6 Å². The zero-order chi connectivity index (χ0) is 16.7. The molecule has 0 aliphatic carbocycles. The molecule has 6 nitrogen and oxygen atoms in total. The molecule has 4 rings (SSSR count). The molecule has 0 spiro atoms. The lowest BCUT2D eigenvalue weighted by Crippen LogP contribution is -2.59. The van der Waals surface area contributed by atoms with Crippen LogP contribution in [-0.2, 0) is 4.74 Å². The lowest BCUT2D eigenvalue weighted by Gasteiger charge is -2.43. The summed E-state index contributed by atoms with van der Waals surface area (Å²) in [4.78, 5) is 4.48. The maximum absolute atomic E-state index is 10.6. The number of pyridine rings is 1. The smallest absolute Gasteiger partial charge is 0.139 e. The molecule has 1 fully saturated rings. The minimum absolute atomic E-state index is 0.00625. The molecule has 126 valence electrons. The zero-order valence-electron chi connectivity index (χ0n) is 13.5. The van der Waals surface area contributed by atoms with Crippen LogP contribution in [0.5, 0.6) is 0 Å². The molecule has 0 radical (unpaired) electrons. The van der Waals surface area contributed by atoms with Crippen molar-refractivity contribution >= 4 is 32.9 Å². The minimum Gasteiger partial charge on any atom is -0.389 e. The SMILES string of the molecule is CC(O)C1([C@@H]2CC[C@H](CC#N)OC2)Nc2cnc3ccsc3c2N1. The van der Waals surface area contributed by atoms with Crippen molar-refractivity contribution in [3.05, 3.63) is 17.6 Å². The molecule has 2 unspecified atom stereocenters. The van der Waals surface area contributed by atoms with Gasteiger partial charge in [0.15, 0.2) is 0 Å². The molecule has 2 aromatic heterocycles. The van der Waals surface area contributed by atoms with Gasteiger partial charge in [-0.2, -0.15) is 5.26 Å². The van der Waals surface area contributed by atoms with Crippen LogP contribution in [0.15, 0.2) is 17.6 Å². The Kier molecular flexibility index (Phi) is 3.83. The van der Waals surface area contributed by atoms with Crippen molar-refractivity contribution in [3.63, 3.8) is 0 Å². The fourth-order valence-corrected chi connectivity index (χ4v) is 4.63. The molecule has 4 atom stereocenters. The van der Waals surface area contributed by atoms with E-state index in [-0.39, 0.29) is 12.0 Å². The first-order chi connectivity index (χ1) is 11.6. The molecule has 2 aliphatic rings. The largest absolute Gasteiger partial charge is 0.389 e. The molecular weight excluding hydrogens is 324 g/mol. The van der Waals surface area contributed by atoms with Gasteiger partial charge in [0.2, 0.25) is 0 Å². The number of nitrogens with one attached hydrogen (secondary N) is 2. The number of thiophene rings is 1. The Hall–Kier alpha value is -1.88. The van der Waals surface area contributed by atoms with Crippen molar-refractivity contribution in [2.45, 2.75) is 44.1 Å². The van der Waals surface area contributed by atoms with Crippen molar-refractivity contribution in [3.8, 4) is 6.07 Å². The number of hydrogen-bond acceptors (Lipinski definition) is 7. The van der Waals surface area contributed by atoms with E-state index < -0.39 is 11.8 Å². The van der Waals surface area contributed by atoms with Gasteiger partial charge in [0.25, 0.3) is 0 Å². The lowest BCUT2D eigenvalue weighted by molar-refractivity contribution is -0.0460. The summed E-state index contributed by atoms with van der Waals surface area (Å²) in [6, 6.07) is 4.17. The molecule has 7 heteroatoms. The summed E-state index contributed by atoms with van der Waals surface area (Å²) in [5.41, 5.74) is 2.23. The van der Waals surface area contributed by atoms with Crippen molar-refractivity contribution in [1.82, 2.24) is 4.98 Å². The van der Waals surface area contributed by atoms with Gasteiger partial charge in [-0.25, -0.2) is 0 Å². The number of hydrogen-bond donors (Lipinski definition) is 3. The Bertz CT molecular complexity index is 791. The van der Waals surface area contributed by atoms with Crippen LogP contribution in [0.4, 0.5) is 11.4 Å². The first kappa shape index (κ1) is 15.6. The number of ether oxygens (including phenoxy) is 1. The third-order valence-electron chi connectivity index (χ3n) is 5.14. The predicted octanol–water partition coefficient (Wildman–Crippen LogP) is 2.92. The standard InChI is InChI=1S/C17H20N4O2S/c1-10(22)17(11-2-3-12(4-6-18)23-9-11)20-14-8-19-13-5-7-24-16(13)15(14)21-17/h5,7-8,10-12,20-22H,2-4,9H2,1H3/t10?,11-,12-,17?/m1/s1. The van der Waals surface area contributed by atoms with E-state index >= 15 is 0 Å². The third-order valence-corrected chi connectivity index (χ3v) is 6.06. The number of anilines is 2. The summed E-state index contributed by atoms with van der Waals surface area (Å²) in [7, 11) is 0. The van der Waals surface area contributed by atoms with E-state index in [0.717, 1.165) is 34.4 Å². The summed E-state index contributed by atoms with van der Waals surface area (Å²) in [6.45, 7) is 2.32. The van der Waals surface area contributed by atoms with Crippen molar-refractivity contribution in [1.29, 1.82) is 5.26 Å². The van der Waals surface area contributed by atoms with Crippen LogP contribution in [-0.4, -0.2) is 34.6 Å². The van der Waals surface area contributed by atoms with Crippen LogP contribution in [0.1, 0.15) is 26.2 Å². The number of aliphatic hydroxyl groups is 1. The van der Waals surface area contributed by atoms with Crippen LogP contribution in [0.2, 0.25) is 0 Å². The Balaban J connectivity index is 1.63. The second-order valence-electron chi connectivity index (χ2n) is 6.57. The number of nitrogens with zero attached hydrogens (tertiary/aromatic N) is 2. The molecule has 2 aliphatic heterocycles. The second kappa shape index (κ2) is 5.88. The van der Waals surface area contributed by atoms with E-state index in [1.807, 2.05) is 17.6 Å². The summed E-state index contributed by atoms with van der Waals surface area (Å²) in [6.07, 6.45) is 3.37. The first-order valence-electron chi connectivity index (χ1n) is 8.23. The molecule has 4 heterocycles. The highest BCUT2D eigenvalue weighted by atomic mass is 32.1. The van der Waals surface area contributed by atoms with Gasteiger partial charge in [-0.1, -0.05) is 0 Å². The van der Waals surface area contributed by atoms with Gasteiger partial charge < -0.3 is 20.5 Å². The average molecular weight is 344 g/mol. The zero-order valence-corrected chi connectivity index (χ0v) is 14.3. The summed E-state index contributed by atoms with van der Waals surface area (Å²) < 4.78 is 6.96.